The Bertz CT molecular complexity index is 546. The van der Waals surface area contributed by atoms with E-state index in [1.165, 1.54) is 4.90 Å². The maximum Gasteiger partial charge on any atom is 0.325 e. The van der Waals surface area contributed by atoms with E-state index in [1.54, 1.807) is 0 Å². The molecule has 2 unspecified atom stereocenters. The summed E-state index contributed by atoms with van der Waals surface area (Å²) in [5.41, 5.74) is 8.31. The molecule has 1 aromatic rings. The Morgan fingerprint density at radius 1 is 1.50 bits per heavy atom. The number of ether oxygens (including phenoxy) is 1. The van der Waals surface area contributed by atoms with Gasteiger partial charge in [0.25, 0.3) is 0 Å². The molecule has 2 atom stereocenters. The molecule has 2 aliphatic heterocycles. The van der Waals surface area contributed by atoms with Gasteiger partial charge in [0.05, 0.1) is 0 Å². The first kappa shape index (κ1) is 12.9. The van der Waals surface area contributed by atoms with Gasteiger partial charge in [-0.25, -0.2) is 0 Å². The first-order valence-electron chi connectivity index (χ1n) is 6.54. The Morgan fingerprint density at radius 2 is 2.40 bits per heavy atom. The number of aromatic nitrogens is 2. The average molecular weight is 278 g/mol. The van der Waals surface area contributed by atoms with E-state index in [0.717, 1.165) is 12.8 Å². The van der Waals surface area contributed by atoms with Gasteiger partial charge < -0.3 is 9.15 Å². The van der Waals surface area contributed by atoms with Crippen molar-refractivity contribution in [2.24, 2.45) is 11.0 Å². The number of azide groups is 1. The second-order valence-electron chi connectivity index (χ2n) is 4.91. The number of anilines is 1. The molecule has 3 heterocycles. The van der Waals surface area contributed by atoms with Crippen LogP contribution in [0.1, 0.15) is 31.3 Å². The predicted molar refractivity (Wildman–Crippen MR) is 66.7 cm³/mol. The van der Waals surface area contributed by atoms with E-state index >= 15 is 0 Å². The number of amides is 1. The van der Waals surface area contributed by atoms with Gasteiger partial charge in [-0.3, -0.25) is 9.69 Å². The van der Waals surface area contributed by atoms with Gasteiger partial charge in [-0.05, 0) is 24.3 Å². The van der Waals surface area contributed by atoms with E-state index in [0.29, 0.717) is 32.0 Å². The van der Waals surface area contributed by atoms with Gasteiger partial charge in [-0.1, -0.05) is 10.2 Å². The molecular formula is C11H14N6O3. The molecule has 106 valence electrons. The van der Waals surface area contributed by atoms with E-state index < -0.39 is 0 Å². The van der Waals surface area contributed by atoms with Crippen molar-refractivity contribution < 1.29 is 13.9 Å². The zero-order chi connectivity index (χ0) is 13.9. The first-order valence-corrected chi connectivity index (χ1v) is 6.54. The predicted octanol–water partition coefficient (Wildman–Crippen LogP) is 1.58. The normalized spacial score (nSPS) is 26.0. The van der Waals surface area contributed by atoms with Gasteiger partial charge in [-0.15, -0.1) is 5.10 Å². The lowest BCUT2D eigenvalue weighted by atomic mass is 10.1. The highest BCUT2D eigenvalue weighted by molar-refractivity contribution is 5.93. The van der Waals surface area contributed by atoms with Gasteiger partial charge >= 0.3 is 6.01 Å². The Balaban J connectivity index is 1.69. The molecule has 2 fully saturated rings. The zero-order valence-electron chi connectivity index (χ0n) is 10.8. The second-order valence-corrected chi connectivity index (χ2v) is 4.91. The van der Waals surface area contributed by atoms with Crippen LogP contribution in [-0.4, -0.2) is 35.8 Å². The third kappa shape index (κ3) is 2.45. The summed E-state index contributed by atoms with van der Waals surface area (Å²) in [6.07, 6.45) is 2.00. The lowest BCUT2D eigenvalue weighted by Gasteiger charge is -2.10. The van der Waals surface area contributed by atoms with Gasteiger partial charge in [0.15, 0.2) is 0 Å². The lowest BCUT2D eigenvalue weighted by Crippen LogP contribution is -2.25. The lowest BCUT2D eigenvalue weighted by molar-refractivity contribution is -0.117. The van der Waals surface area contributed by atoms with Crippen LogP contribution in [0.3, 0.4) is 0 Å². The van der Waals surface area contributed by atoms with Crippen molar-refractivity contribution >= 4 is 11.9 Å². The number of carbonyl (C=O) groups is 1. The van der Waals surface area contributed by atoms with E-state index in [9.17, 15) is 4.79 Å². The van der Waals surface area contributed by atoms with Crippen LogP contribution in [0.15, 0.2) is 9.53 Å². The number of carbonyl (C=O) groups excluding carboxylic acids is 1. The largest absolute Gasteiger partial charge is 0.405 e. The van der Waals surface area contributed by atoms with E-state index in [-0.39, 0.29) is 23.9 Å². The fourth-order valence-corrected chi connectivity index (χ4v) is 2.48. The third-order valence-electron chi connectivity index (χ3n) is 3.47. The molecule has 0 N–H and O–H groups in total. The van der Waals surface area contributed by atoms with Gasteiger partial charge in [0, 0.05) is 31.0 Å². The molecule has 20 heavy (non-hydrogen) atoms. The van der Waals surface area contributed by atoms with Crippen LogP contribution in [0.2, 0.25) is 0 Å². The monoisotopic (exact) mass is 278 g/mol. The molecule has 1 aromatic heterocycles. The quantitative estimate of drug-likeness (QED) is 0.470. The van der Waals surface area contributed by atoms with Crippen LogP contribution in [0.5, 0.6) is 0 Å². The maximum absolute atomic E-state index is 11.9. The minimum Gasteiger partial charge on any atom is -0.405 e. The molecule has 0 spiro atoms. The minimum atomic E-state index is -0.159. The molecule has 0 aromatic carbocycles. The summed E-state index contributed by atoms with van der Waals surface area (Å²) in [7, 11) is 0. The zero-order valence-corrected chi connectivity index (χ0v) is 10.8. The molecule has 1 amide bonds. The standard InChI is InChI=1S/C11H14N6O3/c12-16-13-5-7-4-9(18)17(6-7)11-15-14-10(20-11)8-2-1-3-19-8/h7-8H,1-6H2. The number of rotatable bonds is 4. The number of nitrogens with zero attached hydrogens (tertiary/aromatic N) is 6. The van der Waals surface area contributed by atoms with Crippen molar-refractivity contribution in [1.29, 1.82) is 0 Å². The van der Waals surface area contributed by atoms with E-state index in [2.05, 4.69) is 20.2 Å². The minimum absolute atomic E-state index is 0.00326. The van der Waals surface area contributed by atoms with Crippen molar-refractivity contribution in [3.63, 3.8) is 0 Å². The molecule has 0 bridgehead atoms. The molecule has 0 radical (unpaired) electrons. The highest BCUT2D eigenvalue weighted by Crippen LogP contribution is 2.30. The van der Waals surface area contributed by atoms with Gasteiger partial charge in [0.2, 0.25) is 11.8 Å². The fraction of sp³-hybridized carbons (Fsp3) is 0.727. The average Bonchev–Trinajstić information content (AvgIpc) is 3.16. The summed E-state index contributed by atoms with van der Waals surface area (Å²) >= 11 is 0. The second kappa shape index (κ2) is 5.48. The molecular weight excluding hydrogens is 264 g/mol. The molecule has 2 aliphatic rings. The van der Waals surface area contributed by atoms with E-state index in [1.807, 2.05) is 0 Å². The molecule has 9 heteroatoms. The molecule has 2 saturated heterocycles. The third-order valence-corrected chi connectivity index (χ3v) is 3.47. The number of hydrogen-bond donors (Lipinski definition) is 0. The first-order chi connectivity index (χ1) is 9.78. The van der Waals surface area contributed by atoms with Crippen molar-refractivity contribution in [3.8, 4) is 0 Å². The Labute approximate surface area is 114 Å². The van der Waals surface area contributed by atoms with Crippen LogP contribution in [0.4, 0.5) is 6.01 Å². The summed E-state index contributed by atoms with van der Waals surface area (Å²) in [6.45, 7) is 1.43. The SMILES string of the molecule is [N-]=[N+]=NCC1CC(=O)N(c2nnc(C3CCCO3)o2)C1. The summed E-state index contributed by atoms with van der Waals surface area (Å²) in [5.74, 6) is 0.325. The van der Waals surface area contributed by atoms with Crippen molar-refractivity contribution in [2.75, 3.05) is 24.6 Å². The smallest absolute Gasteiger partial charge is 0.325 e. The fourth-order valence-electron chi connectivity index (χ4n) is 2.48. The van der Waals surface area contributed by atoms with Crippen LogP contribution < -0.4 is 4.90 Å². The molecule has 3 rings (SSSR count). The van der Waals surface area contributed by atoms with Crippen LogP contribution in [0, 0.1) is 5.92 Å². The van der Waals surface area contributed by atoms with Crippen LogP contribution >= 0.6 is 0 Å². The summed E-state index contributed by atoms with van der Waals surface area (Å²) < 4.78 is 11.0. The summed E-state index contributed by atoms with van der Waals surface area (Å²) in [4.78, 5) is 16.1. The van der Waals surface area contributed by atoms with Gasteiger partial charge in [-0.2, -0.15) is 0 Å². The maximum atomic E-state index is 11.9. The Kier molecular flexibility index (Phi) is 3.53. The highest BCUT2D eigenvalue weighted by atomic mass is 16.5. The van der Waals surface area contributed by atoms with Gasteiger partial charge in [0.1, 0.15) is 6.10 Å². The molecule has 0 saturated carbocycles. The molecule has 9 nitrogen and oxygen atoms in total. The van der Waals surface area contributed by atoms with Crippen molar-refractivity contribution in [2.45, 2.75) is 25.4 Å². The Morgan fingerprint density at radius 3 is 3.15 bits per heavy atom. The van der Waals surface area contributed by atoms with Crippen LogP contribution in [0.25, 0.3) is 10.4 Å². The van der Waals surface area contributed by atoms with Crippen molar-refractivity contribution in [3.05, 3.63) is 16.3 Å². The highest BCUT2D eigenvalue weighted by Gasteiger charge is 2.34. The Hall–Kier alpha value is -2.12. The number of hydrogen-bond acceptors (Lipinski definition) is 6. The topological polar surface area (TPSA) is 117 Å². The van der Waals surface area contributed by atoms with Crippen LogP contribution in [-0.2, 0) is 9.53 Å². The van der Waals surface area contributed by atoms with E-state index in [4.69, 9.17) is 14.7 Å². The summed E-state index contributed by atoms with van der Waals surface area (Å²) in [5, 5.41) is 11.4. The van der Waals surface area contributed by atoms with Crippen molar-refractivity contribution in [1.82, 2.24) is 10.2 Å². The summed E-state index contributed by atoms with van der Waals surface area (Å²) in [6, 6.07) is 0.198. The molecule has 0 aliphatic carbocycles.